The lowest BCUT2D eigenvalue weighted by atomic mass is 10.4. The monoisotopic (exact) mass is 239 g/mol. The number of anilines is 1. The van der Waals surface area contributed by atoms with Gasteiger partial charge in [0.25, 0.3) is 0 Å². The number of amides is 1. The third-order valence-corrected chi connectivity index (χ3v) is 2.47. The summed E-state index contributed by atoms with van der Waals surface area (Å²) in [5.41, 5.74) is 0. The summed E-state index contributed by atoms with van der Waals surface area (Å²) in [5.74, 6) is -0.202. The zero-order valence-electron chi connectivity index (χ0n) is 9.36. The molecule has 0 spiro atoms. The highest BCUT2D eigenvalue weighted by Crippen LogP contribution is 2.04. The zero-order valence-corrected chi connectivity index (χ0v) is 9.36. The molecule has 0 saturated carbocycles. The summed E-state index contributed by atoms with van der Waals surface area (Å²) < 4.78 is 17.8. The number of morpholine rings is 1. The summed E-state index contributed by atoms with van der Waals surface area (Å²) in [6, 6.07) is 2.70. The molecule has 1 saturated heterocycles. The first-order valence-corrected chi connectivity index (χ1v) is 5.45. The van der Waals surface area contributed by atoms with Crippen LogP contribution in [0.3, 0.4) is 0 Å². The number of nitrogens with zero attached hydrogens (tertiary/aromatic N) is 2. The third-order valence-electron chi connectivity index (χ3n) is 2.47. The Morgan fingerprint density at radius 1 is 1.47 bits per heavy atom. The number of pyridine rings is 1. The number of halogens is 1. The van der Waals surface area contributed by atoms with Crippen molar-refractivity contribution in [3.05, 3.63) is 24.1 Å². The lowest BCUT2D eigenvalue weighted by molar-refractivity contribution is -0.118. The standard InChI is InChI=1S/C11H14FN3O2/c12-9-1-2-10(13-7-9)14-11(16)8-15-3-5-17-6-4-15/h1-2,7H,3-6,8H2,(H,13,14,16). The van der Waals surface area contributed by atoms with Gasteiger partial charge in [-0.05, 0) is 12.1 Å². The summed E-state index contributed by atoms with van der Waals surface area (Å²) in [5, 5.41) is 2.62. The second-order valence-corrected chi connectivity index (χ2v) is 3.80. The van der Waals surface area contributed by atoms with Crippen LogP contribution in [0.4, 0.5) is 10.2 Å². The van der Waals surface area contributed by atoms with E-state index in [1.54, 1.807) is 0 Å². The molecule has 0 unspecified atom stereocenters. The van der Waals surface area contributed by atoms with Crippen molar-refractivity contribution < 1.29 is 13.9 Å². The molecule has 0 radical (unpaired) electrons. The second-order valence-electron chi connectivity index (χ2n) is 3.80. The van der Waals surface area contributed by atoms with Gasteiger partial charge in [-0.1, -0.05) is 0 Å². The summed E-state index contributed by atoms with van der Waals surface area (Å²) >= 11 is 0. The number of hydrogen-bond acceptors (Lipinski definition) is 4. The van der Waals surface area contributed by atoms with Gasteiger partial charge >= 0.3 is 0 Å². The average Bonchev–Trinajstić information content (AvgIpc) is 2.33. The van der Waals surface area contributed by atoms with Crippen molar-refractivity contribution in [3.63, 3.8) is 0 Å². The fourth-order valence-electron chi connectivity index (χ4n) is 1.59. The topological polar surface area (TPSA) is 54.5 Å². The van der Waals surface area contributed by atoms with E-state index in [2.05, 4.69) is 10.3 Å². The van der Waals surface area contributed by atoms with E-state index in [0.717, 1.165) is 19.3 Å². The van der Waals surface area contributed by atoms with E-state index >= 15 is 0 Å². The summed E-state index contributed by atoms with van der Waals surface area (Å²) in [7, 11) is 0. The molecular formula is C11H14FN3O2. The maximum absolute atomic E-state index is 12.6. The number of carbonyl (C=O) groups excluding carboxylic acids is 1. The highest BCUT2D eigenvalue weighted by molar-refractivity contribution is 5.91. The first kappa shape index (κ1) is 11.9. The predicted molar refractivity (Wildman–Crippen MR) is 60.1 cm³/mol. The smallest absolute Gasteiger partial charge is 0.239 e. The summed E-state index contributed by atoms with van der Waals surface area (Å²) in [4.78, 5) is 17.4. The van der Waals surface area contributed by atoms with Crippen LogP contribution in [-0.2, 0) is 9.53 Å². The van der Waals surface area contributed by atoms with Crippen LogP contribution < -0.4 is 5.32 Å². The molecule has 0 atom stereocenters. The second kappa shape index (κ2) is 5.70. The van der Waals surface area contributed by atoms with E-state index < -0.39 is 5.82 Å². The molecule has 1 fully saturated rings. The maximum atomic E-state index is 12.6. The van der Waals surface area contributed by atoms with Gasteiger partial charge in [0.2, 0.25) is 5.91 Å². The molecule has 1 aromatic heterocycles. The van der Waals surface area contributed by atoms with Gasteiger partial charge in [-0.3, -0.25) is 9.69 Å². The Hall–Kier alpha value is -1.53. The van der Waals surface area contributed by atoms with Crippen molar-refractivity contribution in [2.24, 2.45) is 0 Å². The number of rotatable bonds is 3. The van der Waals surface area contributed by atoms with Gasteiger partial charge in [0.1, 0.15) is 11.6 Å². The molecular weight excluding hydrogens is 225 g/mol. The van der Waals surface area contributed by atoms with Gasteiger partial charge in [0.15, 0.2) is 0 Å². The van der Waals surface area contributed by atoms with Crippen molar-refractivity contribution in [2.45, 2.75) is 0 Å². The number of carbonyl (C=O) groups is 1. The van der Waals surface area contributed by atoms with E-state index in [9.17, 15) is 9.18 Å². The van der Waals surface area contributed by atoms with Gasteiger partial charge in [-0.2, -0.15) is 0 Å². The van der Waals surface area contributed by atoms with Crippen LogP contribution in [0.15, 0.2) is 18.3 Å². The van der Waals surface area contributed by atoms with Crippen LogP contribution in [0.25, 0.3) is 0 Å². The predicted octanol–water partition coefficient (Wildman–Crippen LogP) is 0.491. The number of hydrogen-bond donors (Lipinski definition) is 1. The molecule has 0 aliphatic carbocycles. The molecule has 2 rings (SSSR count). The van der Waals surface area contributed by atoms with Crippen LogP contribution in [0.2, 0.25) is 0 Å². The third kappa shape index (κ3) is 3.76. The van der Waals surface area contributed by atoms with Gasteiger partial charge < -0.3 is 10.1 Å². The van der Waals surface area contributed by atoms with Gasteiger partial charge in [-0.15, -0.1) is 0 Å². The van der Waals surface area contributed by atoms with E-state index in [4.69, 9.17) is 4.74 Å². The largest absolute Gasteiger partial charge is 0.379 e. The molecule has 17 heavy (non-hydrogen) atoms. The minimum Gasteiger partial charge on any atom is -0.379 e. The van der Waals surface area contributed by atoms with Crippen LogP contribution in [0.1, 0.15) is 0 Å². The summed E-state index contributed by atoms with van der Waals surface area (Å²) in [6.07, 6.45) is 1.07. The molecule has 0 aromatic carbocycles. The van der Waals surface area contributed by atoms with Crippen molar-refractivity contribution >= 4 is 11.7 Å². The minimum atomic E-state index is -0.420. The minimum absolute atomic E-state index is 0.147. The maximum Gasteiger partial charge on any atom is 0.239 e. The molecule has 0 bridgehead atoms. The lowest BCUT2D eigenvalue weighted by Gasteiger charge is -2.25. The average molecular weight is 239 g/mol. The van der Waals surface area contributed by atoms with Crippen molar-refractivity contribution in [1.29, 1.82) is 0 Å². The quantitative estimate of drug-likeness (QED) is 0.834. The number of nitrogens with one attached hydrogen (secondary N) is 1. The number of aromatic nitrogens is 1. The number of ether oxygens (including phenoxy) is 1. The normalized spacial score (nSPS) is 16.8. The fourth-order valence-corrected chi connectivity index (χ4v) is 1.59. The first-order valence-electron chi connectivity index (χ1n) is 5.45. The Balaban J connectivity index is 1.82. The Bertz CT molecular complexity index is 377. The van der Waals surface area contributed by atoms with Gasteiger partial charge in [-0.25, -0.2) is 9.37 Å². The SMILES string of the molecule is O=C(CN1CCOCC1)Nc1ccc(F)cn1. The van der Waals surface area contributed by atoms with Gasteiger partial charge in [0, 0.05) is 13.1 Å². The zero-order chi connectivity index (χ0) is 12.1. The van der Waals surface area contributed by atoms with Crippen LogP contribution >= 0.6 is 0 Å². The van der Waals surface area contributed by atoms with E-state index in [-0.39, 0.29) is 5.91 Å². The van der Waals surface area contributed by atoms with E-state index in [0.29, 0.717) is 25.6 Å². The Kier molecular flexibility index (Phi) is 4.00. The van der Waals surface area contributed by atoms with E-state index in [1.807, 2.05) is 4.90 Å². The highest BCUT2D eigenvalue weighted by atomic mass is 19.1. The first-order chi connectivity index (χ1) is 8.24. The van der Waals surface area contributed by atoms with Crippen molar-refractivity contribution in [1.82, 2.24) is 9.88 Å². The van der Waals surface area contributed by atoms with Crippen molar-refractivity contribution in [3.8, 4) is 0 Å². The van der Waals surface area contributed by atoms with Crippen molar-refractivity contribution in [2.75, 3.05) is 38.2 Å². The Morgan fingerprint density at radius 2 is 2.24 bits per heavy atom. The Morgan fingerprint density at radius 3 is 2.88 bits per heavy atom. The van der Waals surface area contributed by atoms with Crippen LogP contribution in [0.5, 0.6) is 0 Å². The molecule has 2 heterocycles. The Labute approximate surface area is 98.6 Å². The molecule has 1 aliphatic rings. The summed E-state index contributed by atoms with van der Waals surface area (Å²) in [6.45, 7) is 3.13. The van der Waals surface area contributed by atoms with Gasteiger partial charge in [0.05, 0.1) is 26.0 Å². The lowest BCUT2D eigenvalue weighted by Crippen LogP contribution is -2.41. The molecule has 5 nitrogen and oxygen atoms in total. The fraction of sp³-hybridized carbons (Fsp3) is 0.455. The van der Waals surface area contributed by atoms with E-state index in [1.165, 1.54) is 12.1 Å². The molecule has 1 N–H and O–H groups in total. The van der Waals surface area contributed by atoms with Crippen LogP contribution in [-0.4, -0.2) is 48.6 Å². The molecule has 6 heteroatoms. The molecule has 92 valence electrons. The molecule has 1 amide bonds. The highest BCUT2D eigenvalue weighted by Gasteiger charge is 2.14. The molecule has 1 aromatic rings. The van der Waals surface area contributed by atoms with Crippen LogP contribution in [0, 0.1) is 5.82 Å². The molecule has 1 aliphatic heterocycles.